The summed E-state index contributed by atoms with van der Waals surface area (Å²) in [4.78, 5) is 18.2. The molecule has 1 aromatic heterocycles. The molecule has 2 heterocycles. The molecule has 0 saturated carbocycles. The van der Waals surface area contributed by atoms with E-state index in [1.165, 1.54) is 5.56 Å². The summed E-state index contributed by atoms with van der Waals surface area (Å²) >= 11 is 1.66. The zero-order valence-electron chi connectivity index (χ0n) is 17.0. The molecule has 0 unspecified atom stereocenters. The van der Waals surface area contributed by atoms with Crippen molar-refractivity contribution < 1.29 is 14.3 Å². The van der Waals surface area contributed by atoms with Crippen LogP contribution in [0, 0.1) is 0 Å². The van der Waals surface area contributed by atoms with Gasteiger partial charge in [0.05, 0.1) is 20.6 Å². The van der Waals surface area contributed by atoms with E-state index in [9.17, 15) is 4.79 Å². The summed E-state index contributed by atoms with van der Waals surface area (Å²) in [6, 6.07) is 10.6. The first-order chi connectivity index (χ1) is 13.6. The molecule has 152 valence electrons. The van der Waals surface area contributed by atoms with Gasteiger partial charge in [0.25, 0.3) is 0 Å². The molecule has 1 aromatic carbocycles. The number of hydrogen-bond acceptors (Lipinski definition) is 5. The lowest BCUT2D eigenvalue weighted by Gasteiger charge is -2.37. The first-order valence-corrected chi connectivity index (χ1v) is 10.7. The van der Waals surface area contributed by atoms with Gasteiger partial charge in [-0.2, -0.15) is 0 Å². The van der Waals surface area contributed by atoms with Crippen LogP contribution in [0.4, 0.5) is 0 Å². The molecule has 2 aromatic rings. The minimum Gasteiger partial charge on any atom is -0.493 e. The molecule has 1 saturated heterocycles. The van der Waals surface area contributed by atoms with Crippen molar-refractivity contribution in [2.75, 3.05) is 40.9 Å². The largest absolute Gasteiger partial charge is 0.493 e. The Labute approximate surface area is 171 Å². The molecule has 3 rings (SSSR count). The Morgan fingerprint density at radius 1 is 1.25 bits per heavy atom. The van der Waals surface area contributed by atoms with Crippen LogP contribution in [0.1, 0.15) is 23.3 Å². The number of carbonyl (C=O) groups excluding carboxylic acids is 1. The minimum atomic E-state index is 0.250. The maximum atomic E-state index is 12.6. The second kappa shape index (κ2) is 9.94. The van der Waals surface area contributed by atoms with Crippen LogP contribution in [0.25, 0.3) is 0 Å². The number of rotatable bonds is 8. The first-order valence-electron chi connectivity index (χ1n) is 9.82. The van der Waals surface area contributed by atoms with Crippen molar-refractivity contribution in [3.8, 4) is 11.5 Å². The number of methoxy groups -OCH3 is 2. The Morgan fingerprint density at radius 2 is 2.07 bits per heavy atom. The molecule has 6 heteroatoms. The highest BCUT2D eigenvalue weighted by Gasteiger charge is 2.26. The summed E-state index contributed by atoms with van der Waals surface area (Å²) in [5.74, 6) is 1.78. The quantitative estimate of drug-likeness (QED) is 0.678. The summed E-state index contributed by atoms with van der Waals surface area (Å²) in [6.07, 6.45) is 3.68. The van der Waals surface area contributed by atoms with E-state index < -0.39 is 0 Å². The van der Waals surface area contributed by atoms with Gasteiger partial charge in [-0.05, 0) is 55.5 Å². The number of amides is 1. The number of likely N-dealkylation sites (tertiary alicyclic amines) is 1. The number of nitrogens with zero attached hydrogens (tertiary/aromatic N) is 2. The molecule has 1 atom stereocenters. The highest BCUT2D eigenvalue weighted by atomic mass is 32.1. The topological polar surface area (TPSA) is 42.0 Å². The van der Waals surface area contributed by atoms with Gasteiger partial charge in [-0.1, -0.05) is 12.1 Å². The Kier molecular flexibility index (Phi) is 7.34. The monoisotopic (exact) mass is 402 g/mol. The van der Waals surface area contributed by atoms with E-state index in [1.807, 2.05) is 34.5 Å². The Balaban J connectivity index is 1.52. The third-order valence-electron chi connectivity index (χ3n) is 5.48. The van der Waals surface area contributed by atoms with Crippen LogP contribution in [-0.4, -0.2) is 62.7 Å². The summed E-state index contributed by atoms with van der Waals surface area (Å²) in [5, 5.41) is 2.03. The second-order valence-electron chi connectivity index (χ2n) is 7.31. The summed E-state index contributed by atoms with van der Waals surface area (Å²) < 4.78 is 10.7. The molecule has 0 bridgehead atoms. The zero-order chi connectivity index (χ0) is 19.9. The van der Waals surface area contributed by atoms with E-state index in [4.69, 9.17) is 9.47 Å². The number of benzene rings is 1. The van der Waals surface area contributed by atoms with Crippen molar-refractivity contribution in [3.63, 3.8) is 0 Å². The van der Waals surface area contributed by atoms with Crippen LogP contribution in [0.2, 0.25) is 0 Å². The lowest BCUT2D eigenvalue weighted by Crippen LogP contribution is -2.49. The molecule has 1 fully saturated rings. The number of thiophene rings is 1. The predicted molar refractivity (Wildman–Crippen MR) is 114 cm³/mol. The predicted octanol–water partition coefficient (Wildman–Crippen LogP) is 3.47. The Hall–Kier alpha value is -2.05. The smallest absolute Gasteiger partial charge is 0.227 e. The van der Waals surface area contributed by atoms with E-state index in [0.29, 0.717) is 12.5 Å². The number of hydrogen-bond donors (Lipinski definition) is 0. The molecule has 1 amide bonds. The van der Waals surface area contributed by atoms with E-state index in [1.54, 1.807) is 25.6 Å². The molecule has 1 aliphatic rings. The van der Waals surface area contributed by atoms with E-state index >= 15 is 0 Å². The van der Waals surface area contributed by atoms with Crippen molar-refractivity contribution in [1.82, 2.24) is 9.80 Å². The summed E-state index contributed by atoms with van der Waals surface area (Å²) in [5.41, 5.74) is 1.23. The van der Waals surface area contributed by atoms with Crippen molar-refractivity contribution in [1.29, 1.82) is 0 Å². The third kappa shape index (κ3) is 5.26. The maximum absolute atomic E-state index is 12.6. The lowest BCUT2D eigenvalue weighted by molar-refractivity contribution is -0.132. The first kappa shape index (κ1) is 20.7. The number of piperidine rings is 1. The molecule has 0 aliphatic carbocycles. The van der Waals surface area contributed by atoms with Gasteiger partial charge in [0.2, 0.25) is 5.91 Å². The van der Waals surface area contributed by atoms with Gasteiger partial charge >= 0.3 is 0 Å². The van der Waals surface area contributed by atoms with Crippen LogP contribution in [0.3, 0.4) is 0 Å². The van der Waals surface area contributed by atoms with Gasteiger partial charge in [0.1, 0.15) is 0 Å². The van der Waals surface area contributed by atoms with Crippen LogP contribution in [0.5, 0.6) is 11.5 Å². The fourth-order valence-electron chi connectivity index (χ4n) is 3.74. The van der Waals surface area contributed by atoms with Gasteiger partial charge in [-0.3, -0.25) is 4.79 Å². The third-order valence-corrected chi connectivity index (χ3v) is 6.36. The van der Waals surface area contributed by atoms with Crippen molar-refractivity contribution in [2.24, 2.45) is 0 Å². The standard InChI is InChI=1S/C22H30N2O3S/c1-23(12-10-17-8-9-20(26-2)21(14-17)27-3)18-6-4-11-24(16-18)22(25)15-19-7-5-13-28-19/h5,7-9,13-14,18H,4,6,10-12,15-16H2,1-3H3/t18-/m0/s1. The van der Waals surface area contributed by atoms with Gasteiger partial charge in [-0.15, -0.1) is 11.3 Å². The highest BCUT2D eigenvalue weighted by molar-refractivity contribution is 7.10. The van der Waals surface area contributed by atoms with Gasteiger partial charge in [-0.25, -0.2) is 0 Å². The molecular formula is C22H30N2O3S. The van der Waals surface area contributed by atoms with Crippen molar-refractivity contribution in [3.05, 3.63) is 46.2 Å². The molecule has 0 spiro atoms. The molecule has 0 radical (unpaired) electrons. The van der Waals surface area contributed by atoms with E-state index in [2.05, 4.69) is 18.0 Å². The fourth-order valence-corrected chi connectivity index (χ4v) is 4.44. The van der Waals surface area contributed by atoms with Gasteiger partial charge < -0.3 is 19.3 Å². The SMILES string of the molecule is COc1ccc(CCN(C)[C@H]2CCCN(C(=O)Cc3cccs3)C2)cc1OC. The van der Waals surface area contributed by atoms with Gasteiger partial charge in [0, 0.05) is 30.6 Å². The molecule has 5 nitrogen and oxygen atoms in total. The molecule has 28 heavy (non-hydrogen) atoms. The van der Waals surface area contributed by atoms with Crippen LogP contribution in [-0.2, 0) is 17.6 Å². The lowest BCUT2D eigenvalue weighted by atomic mass is 10.0. The van der Waals surface area contributed by atoms with Gasteiger partial charge in [0.15, 0.2) is 11.5 Å². The molecule has 1 aliphatic heterocycles. The van der Waals surface area contributed by atoms with E-state index in [0.717, 1.165) is 55.3 Å². The normalized spacial score (nSPS) is 17.0. The molecular weight excluding hydrogens is 372 g/mol. The highest BCUT2D eigenvalue weighted by Crippen LogP contribution is 2.28. The summed E-state index contributed by atoms with van der Waals surface area (Å²) in [6.45, 7) is 2.66. The Bertz CT molecular complexity index is 763. The fraction of sp³-hybridized carbons (Fsp3) is 0.500. The van der Waals surface area contributed by atoms with Crippen LogP contribution < -0.4 is 9.47 Å². The van der Waals surface area contributed by atoms with Crippen molar-refractivity contribution >= 4 is 17.2 Å². The Morgan fingerprint density at radius 3 is 2.79 bits per heavy atom. The average molecular weight is 403 g/mol. The summed E-state index contributed by atoms with van der Waals surface area (Å²) in [7, 11) is 5.48. The van der Waals surface area contributed by atoms with Crippen LogP contribution >= 0.6 is 11.3 Å². The number of carbonyl (C=O) groups is 1. The minimum absolute atomic E-state index is 0.250. The van der Waals surface area contributed by atoms with E-state index in [-0.39, 0.29) is 5.91 Å². The zero-order valence-corrected chi connectivity index (χ0v) is 17.8. The second-order valence-corrected chi connectivity index (χ2v) is 8.34. The number of ether oxygens (including phenoxy) is 2. The average Bonchev–Trinajstić information content (AvgIpc) is 3.24. The van der Waals surface area contributed by atoms with Crippen LogP contribution in [0.15, 0.2) is 35.7 Å². The maximum Gasteiger partial charge on any atom is 0.227 e. The number of likely N-dealkylation sites (N-methyl/N-ethyl adjacent to an activating group) is 1. The molecule has 0 N–H and O–H groups in total. The van der Waals surface area contributed by atoms with Crippen molar-refractivity contribution in [2.45, 2.75) is 31.7 Å².